The lowest BCUT2D eigenvalue weighted by Crippen LogP contribution is -2.26. The standard InChI is InChI=1S/C14H12N4/c1-3-7-13(8-4-1)17-11-16-18(12-15-17)14-9-5-2-6-10-14/h1-12H. The molecule has 4 nitrogen and oxygen atoms in total. The van der Waals surface area contributed by atoms with Gasteiger partial charge in [-0.25, -0.2) is 10.0 Å². The Kier molecular flexibility index (Phi) is 2.75. The molecule has 0 N–H and O–H groups in total. The van der Waals surface area contributed by atoms with Gasteiger partial charge in [0.2, 0.25) is 0 Å². The van der Waals surface area contributed by atoms with Crippen LogP contribution in [0.15, 0.2) is 70.9 Å². The minimum Gasteiger partial charge on any atom is -0.219 e. The Labute approximate surface area is 105 Å². The van der Waals surface area contributed by atoms with Crippen LogP contribution < -0.4 is 10.0 Å². The third-order valence-electron chi connectivity index (χ3n) is 2.61. The predicted molar refractivity (Wildman–Crippen MR) is 74.8 cm³/mol. The summed E-state index contributed by atoms with van der Waals surface area (Å²) in [6.45, 7) is 0. The molecule has 1 heterocycles. The van der Waals surface area contributed by atoms with E-state index in [-0.39, 0.29) is 0 Å². The van der Waals surface area contributed by atoms with Crippen molar-refractivity contribution in [3.05, 3.63) is 60.7 Å². The van der Waals surface area contributed by atoms with E-state index in [2.05, 4.69) is 10.2 Å². The molecule has 0 amide bonds. The third kappa shape index (κ3) is 2.08. The van der Waals surface area contributed by atoms with E-state index >= 15 is 0 Å². The lowest BCUT2D eigenvalue weighted by atomic mass is 10.3. The summed E-state index contributed by atoms with van der Waals surface area (Å²) >= 11 is 0. The Hall–Kier alpha value is -2.62. The monoisotopic (exact) mass is 236 g/mol. The van der Waals surface area contributed by atoms with Crippen molar-refractivity contribution in [1.82, 2.24) is 0 Å². The topological polar surface area (TPSA) is 31.2 Å². The molecular weight excluding hydrogens is 224 g/mol. The molecule has 0 bridgehead atoms. The van der Waals surface area contributed by atoms with Crippen molar-refractivity contribution in [1.29, 1.82) is 0 Å². The first-order valence-corrected chi connectivity index (χ1v) is 5.70. The molecule has 0 aromatic heterocycles. The van der Waals surface area contributed by atoms with Crippen LogP contribution in [-0.2, 0) is 0 Å². The number of rotatable bonds is 2. The number of nitrogens with zero attached hydrogens (tertiary/aromatic N) is 4. The molecule has 0 unspecified atom stereocenters. The van der Waals surface area contributed by atoms with Gasteiger partial charge in [0, 0.05) is 0 Å². The van der Waals surface area contributed by atoms with Gasteiger partial charge in [0.05, 0.1) is 11.4 Å². The van der Waals surface area contributed by atoms with Gasteiger partial charge >= 0.3 is 0 Å². The minimum absolute atomic E-state index is 0.991. The van der Waals surface area contributed by atoms with Crippen LogP contribution in [0.3, 0.4) is 0 Å². The zero-order valence-electron chi connectivity index (χ0n) is 9.72. The smallest absolute Gasteiger partial charge is 0.138 e. The molecule has 0 saturated heterocycles. The van der Waals surface area contributed by atoms with E-state index in [1.807, 2.05) is 60.7 Å². The fraction of sp³-hybridized carbons (Fsp3) is 0. The maximum Gasteiger partial charge on any atom is 0.138 e. The van der Waals surface area contributed by atoms with Gasteiger partial charge in [-0.05, 0) is 24.3 Å². The van der Waals surface area contributed by atoms with Crippen LogP contribution in [0.4, 0.5) is 11.4 Å². The second-order valence-corrected chi connectivity index (χ2v) is 3.82. The molecule has 88 valence electrons. The van der Waals surface area contributed by atoms with Crippen molar-refractivity contribution in [2.75, 3.05) is 10.0 Å². The van der Waals surface area contributed by atoms with Gasteiger partial charge in [-0.15, -0.1) is 0 Å². The van der Waals surface area contributed by atoms with Crippen molar-refractivity contribution in [2.45, 2.75) is 0 Å². The van der Waals surface area contributed by atoms with Crippen molar-refractivity contribution >= 4 is 24.1 Å². The highest BCUT2D eigenvalue weighted by Gasteiger charge is 2.08. The summed E-state index contributed by atoms with van der Waals surface area (Å²) in [6.07, 6.45) is 3.39. The second kappa shape index (κ2) is 4.71. The number of para-hydroxylation sites is 2. The SMILES string of the molecule is C1=NN(c2ccccc2)C=NN1c1ccccc1. The highest BCUT2D eigenvalue weighted by Crippen LogP contribution is 2.17. The lowest BCUT2D eigenvalue weighted by molar-refractivity contribution is 1.04. The van der Waals surface area contributed by atoms with E-state index in [4.69, 9.17) is 0 Å². The van der Waals surface area contributed by atoms with Crippen LogP contribution >= 0.6 is 0 Å². The first-order valence-electron chi connectivity index (χ1n) is 5.70. The van der Waals surface area contributed by atoms with Crippen LogP contribution in [0.1, 0.15) is 0 Å². The fourth-order valence-electron chi connectivity index (χ4n) is 1.70. The van der Waals surface area contributed by atoms with Crippen molar-refractivity contribution in [2.24, 2.45) is 10.2 Å². The Morgan fingerprint density at radius 1 is 0.556 bits per heavy atom. The van der Waals surface area contributed by atoms with Crippen LogP contribution in [0.5, 0.6) is 0 Å². The maximum atomic E-state index is 4.34. The Morgan fingerprint density at radius 2 is 0.944 bits per heavy atom. The fourth-order valence-corrected chi connectivity index (χ4v) is 1.70. The van der Waals surface area contributed by atoms with Gasteiger partial charge in [0.1, 0.15) is 12.7 Å². The van der Waals surface area contributed by atoms with Gasteiger partial charge in [-0.3, -0.25) is 0 Å². The number of hydrogen-bond acceptors (Lipinski definition) is 4. The molecule has 1 aliphatic heterocycles. The van der Waals surface area contributed by atoms with Crippen molar-refractivity contribution in [3.63, 3.8) is 0 Å². The highest BCUT2D eigenvalue weighted by molar-refractivity contribution is 5.90. The molecular formula is C14H12N4. The summed E-state index contributed by atoms with van der Waals surface area (Å²) < 4.78 is 0. The van der Waals surface area contributed by atoms with E-state index in [1.165, 1.54) is 0 Å². The summed E-state index contributed by atoms with van der Waals surface area (Å²) in [5.41, 5.74) is 1.98. The number of hydrazone groups is 2. The Balaban J connectivity index is 1.79. The molecule has 0 aliphatic carbocycles. The third-order valence-corrected chi connectivity index (χ3v) is 2.61. The van der Waals surface area contributed by atoms with E-state index in [0.717, 1.165) is 11.4 Å². The van der Waals surface area contributed by atoms with Gasteiger partial charge in [0.15, 0.2) is 0 Å². The van der Waals surface area contributed by atoms with Gasteiger partial charge in [-0.2, -0.15) is 10.2 Å². The molecule has 2 aromatic rings. The zero-order chi connectivity index (χ0) is 12.2. The van der Waals surface area contributed by atoms with Crippen LogP contribution in [-0.4, -0.2) is 12.7 Å². The van der Waals surface area contributed by atoms with E-state index < -0.39 is 0 Å². The van der Waals surface area contributed by atoms with Gasteiger partial charge in [0.25, 0.3) is 0 Å². The summed E-state index contributed by atoms with van der Waals surface area (Å²) in [7, 11) is 0. The van der Waals surface area contributed by atoms with E-state index in [1.54, 1.807) is 22.7 Å². The van der Waals surface area contributed by atoms with Crippen LogP contribution in [0.2, 0.25) is 0 Å². The summed E-state index contributed by atoms with van der Waals surface area (Å²) in [5, 5.41) is 12.2. The summed E-state index contributed by atoms with van der Waals surface area (Å²) in [6, 6.07) is 19.8. The average Bonchev–Trinajstić information content (AvgIpc) is 2.49. The summed E-state index contributed by atoms with van der Waals surface area (Å²) in [4.78, 5) is 0. The first kappa shape index (κ1) is 10.5. The molecule has 0 fully saturated rings. The molecule has 0 atom stereocenters. The molecule has 4 heteroatoms. The first-order chi connectivity index (χ1) is 8.93. The highest BCUT2D eigenvalue weighted by atomic mass is 15.6. The van der Waals surface area contributed by atoms with Gasteiger partial charge < -0.3 is 0 Å². The molecule has 2 aromatic carbocycles. The molecule has 0 saturated carbocycles. The van der Waals surface area contributed by atoms with Gasteiger partial charge in [-0.1, -0.05) is 36.4 Å². The Bertz CT molecular complexity index is 497. The minimum atomic E-state index is 0.991. The largest absolute Gasteiger partial charge is 0.219 e. The molecule has 3 rings (SSSR count). The molecule has 1 aliphatic rings. The molecule has 0 spiro atoms. The van der Waals surface area contributed by atoms with Crippen molar-refractivity contribution in [3.8, 4) is 0 Å². The van der Waals surface area contributed by atoms with Crippen molar-refractivity contribution < 1.29 is 0 Å². The normalized spacial score (nSPS) is 14.0. The Morgan fingerprint density at radius 3 is 1.28 bits per heavy atom. The number of benzene rings is 2. The lowest BCUT2D eigenvalue weighted by Gasteiger charge is -2.22. The second-order valence-electron chi connectivity index (χ2n) is 3.82. The molecule has 0 radical (unpaired) electrons. The number of hydrogen-bond donors (Lipinski definition) is 0. The quantitative estimate of drug-likeness (QED) is 0.802. The van der Waals surface area contributed by atoms with E-state index in [0.29, 0.717) is 0 Å². The summed E-state index contributed by atoms with van der Waals surface area (Å²) in [5.74, 6) is 0. The maximum absolute atomic E-state index is 4.34. The van der Waals surface area contributed by atoms with E-state index in [9.17, 15) is 0 Å². The predicted octanol–water partition coefficient (Wildman–Crippen LogP) is 2.90. The average molecular weight is 236 g/mol. The van der Waals surface area contributed by atoms with Crippen LogP contribution in [0.25, 0.3) is 0 Å². The van der Waals surface area contributed by atoms with Crippen LogP contribution in [0, 0.1) is 0 Å². The number of anilines is 2. The molecule has 18 heavy (non-hydrogen) atoms. The zero-order valence-corrected chi connectivity index (χ0v) is 9.72.